The second-order valence-electron chi connectivity index (χ2n) is 4.32. The summed E-state index contributed by atoms with van der Waals surface area (Å²) >= 11 is 3.20. The van der Waals surface area contributed by atoms with Crippen LogP contribution in [0.5, 0.6) is 0 Å². The molecule has 3 nitrogen and oxygen atoms in total. The molecule has 2 aromatic carbocycles. The molecule has 0 aliphatic carbocycles. The van der Waals surface area contributed by atoms with E-state index in [1.807, 2.05) is 0 Å². The smallest absolute Gasteiger partial charge is 0.206 e. The maximum atomic E-state index is 12.4. The largest absolute Gasteiger partial charge is 0.293 e. The Balaban J connectivity index is 2.38. The van der Waals surface area contributed by atoms with Gasteiger partial charge in [-0.1, -0.05) is 46.3 Å². The summed E-state index contributed by atoms with van der Waals surface area (Å²) in [4.78, 5) is 11.9. The molecule has 2 rings (SSSR count). The third-order valence-corrected chi connectivity index (χ3v) is 5.07. The Morgan fingerprint density at radius 2 is 1.45 bits per heavy atom. The SMILES string of the molecule is CC(Br)C(=O)c1ccc(S(=O)(=O)c2ccccc2)cc1. The van der Waals surface area contributed by atoms with E-state index in [0.717, 1.165) is 0 Å². The predicted molar refractivity (Wildman–Crippen MR) is 81.1 cm³/mol. The third kappa shape index (κ3) is 2.99. The van der Waals surface area contributed by atoms with Crippen LogP contribution in [0.3, 0.4) is 0 Å². The summed E-state index contributed by atoms with van der Waals surface area (Å²) < 4.78 is 24.7. The molecule has 5 heteroatoms. The second-order valence-corrected chi connectivity index (χ2v) is 7.64. The van der Waals surface area contributed by atoms with E-state index in [-0.39, 0.29) is 20.4 Å². The van der Waals surface area contributed by atoms with Gasteiger partial charge in [-0.3, -0.25) is 4.79 Å². The van der Waals surface area contributed by atoms with Gasteiger partial charge < -0.3 is 0 Å². The first-order chi connectivity index (χ1) is 9.43. The molecule has 0 saturated carbocycles. The van der Waals surface area contributed by atoms with Crippen LogP contribution < -0.4 is 0 Å². The number of rotatable bonds is 4. The second kappa shape index (κ2) is 5.89. The molecular formula is C15H13BrO3S. The Bertz CT molecular complexity index is 705. The zero-order valence-electron chi connectivity index (χ0n) is 10.8. The summed E-state index contributed by atoms with van der Waals surface area (Å²) in [7, 11) is -3.52. The molecule has 0 saturated heterocycles. The Hall–Kier alpha value is -1.46. The standard InChI is InChI=1S/C15H13BrO3S/c1-11(16)15(17)12-7-9-14(10-8-12)20(18,19)13-5-3-2-4-6-13/h2-11H,1H3. The summed E-state index contributed by atoms with van der Waals surface area (Å²) in [5.74, 6) is -0.0753. The molecule has 0 bridgehead atoms. The van der Waals surface area contributed by atoms with Crippen LogP contribution in [0.2, 0.25) is 0 Å². The Morgan fingerprint density at radius 1 is 0.950 bits per heavy atom. The maximum Gasteiger partial charge on any atom is 0.206 e. The van der Waals surface area contributed by atoms with E-state index >= 15 is 0 Å². The Labute approximate surface area is 126 Å². The van der Waals surface area contributed by atoms with Crippen molar-refractivity contribution in [2.45, 2.75) is 21.5 Å². The molecule has 1 unspecified atom stereocenters. The van der Waals surface area contributed by atoms with E-state index < -0.39 is 9.84 Å². The van der Waals surface area contributed by atoms with Crippen LogP contribution in [0.25, 0.3) is 0 Å². The summed E-state index contributed by atoms with van der Waals surface area (Å²) in [6.45, 7) is 1.73. The number of hydrogen-bond donors (Lipinski definition) is 0. The van der Waals surface area contributed by atoms with Crippen LogP contribution in [0.1, 0.15) is 17.3 Å². The highest BCUT2D eigenvalue weighted by Crippen LogP contribution is 2.21. The normalized spacial score (nSPS) is 12.9. The van der Waals surface area contributed by atoms with E-state index in [9.17, 15) is 13.2 Å². The molecule has 0 spiro atoms. The highest BCUT2D eigenvalue weighted by molar-refractivity contribution is 9.10. The number of Topliss-reactive ketones (excluding diaryl/α,β-unsaturated/α-hetero) is 1. The lowest BCUT2D eigenvalue weighted by atomic mass is 10.1. The van der Waals surface area contributed by atoms with Crippen molar-refractivity contribution in [3.63, 3.8) is 0 Å². The molecular weight excluding hydrogens is 340 g/mol. The fraction of sp³-hybridized carbons (Fsp3) is 0.133. The quantitative estimate of drug-likeness (QED) is 0.625. The molecule has 104 valence electrons. The van der Waals surface area contributed by atoms with Gasteiger partial charge in [-0.25, -0.2) is 8.42 Å². The highest BCUT2D eigenvalue weighted by Gasteiger charge is 2.18. The number of carbonyl (C=O) groups is 1. The van der Waals surface area contributed by atoms with E-state index in [1.54, 1.807) is 37.3 Å². The van der Waals surface area contributed by atoms with Gasteiger partial charge in [0.15, 0.2) is 5.78 Å². The molecule has 0 radical (unpaired) electrons. The number of alkyl halides is 1. The first kappa shape index (κ1) is 14.9. The van der Waals surface area contributed by atoms with E-state index in [1.165, 1.54) is 24.3 Å². The minimum atomic E-state index is -3.52. The van der Waals surface area contributed by atoms with Gasteiger partial charge in [0.05, 0.1) is 14.6 Å². The monoisotopic (exact) mass is 352 g/mol. The number of ketones is 1. The van der Waals surface area contributed by atoms with Crippen LogP contribution in [0.15, 0.2) is 64.4 Å². The van der Waals surface area contributed by atoms with Crippen molar-refractivity contribution in [3.05, 3.63) is 60.2 Å². The third-order valence-electron chi connectivity index (χ3n) is 2.86. The lowest BCUT2D eigenvalue weighted by Gasteiger charge is -2.06. The molecule has 20 heavy (non-hydrogen) atoms. The average molecular weight is 353 g/mol. The first-order valence-electron chi connectivity index (χ1n) is 6.01. The van der Waals surface area contributed by atoms with Crippen LogP contribution in [-0.2, 0) is 9.84 Å². The molecule has 0 heterocycles. The van der Waals surface area contributed by atoms with Crippen LogP contribution in [0, 0.1) is 0 Å². The zero-order valence-corrected chi connectivity index (χ0v) is 13.2. The van der Waals surface area contributed by atoms with Gasteiger partial charge in [0.25, 0.3) is 0 Å². The summed E-state index contributed by atoms with van der Waals surface area (Å²) in [6, 6.07) is 14.2. The number of halogens is 1. The lowest BCUT2D eigenvalue weighted by Crippen LogP contribution is -2.10. The zero-order chi connectivity index (χ0) is 14.8. The van der Waals surface area contributed by atoms with Gasteiger partial charge in [0.1, 0.15) is 0 Å². The van der Waals surface area contributed by atoms with Crippen molar-refractivity contribution in [2.75, 3.05) is 0 Å². The van der Waals surface area contributed by atoms with E-state index in [4.69, 9.17) is 0 Å². The van der Waals surface area contributed by atoms with E-state index in [0.29, 0.717) is 5.56 Å². The maximum absolute atomic E-state index is 12.4. The summed E-state index contributed by atoms with van der Waals surface area (Å²) in [5.41, 5.74) is 0.487. The fourth-order valence-electron chi connectivity index (χ4n) is 1.76. The lowest BCUT2D eigenvalue weighted by molar-refractivity contribution is 0.0995. The first-order valence-corrected chi connectivity index (χ1v) is 8.41. The van der Waals surface area contributed by atoms with Crippen molar-refractivity contribution >= 4 is 31.6 Å². The molecule has 0 N–H and O–H groups in total. The van der Waals surface area contributed by atoms with Crippen molar-refractivity contribution in [3.8, 4) is 0 Å². The van der Waals surface area contributed by atoms with Gasteiger partial charge in [-0.2, -0.15) is 0 Å². The van der Waals surface area contributed by atoms with Gasteiger partial charge in [0.2, 0.25) is 9.84 Å². The number of carbonyl (C=O) groups excluding carboxylic acids is 1. The van der Waals surface area contributed by atoms with Crippen LogP contribution in [-0.4, -0.2) is 19.0 Å². The Kier molecular flexibility index (Phi) is 4.40. The molecule has 0 aromatic heterocycles. The van der Waals surface area contributed by atoms with Crippen molar-refractivity contribution in [1.29, 1.82) is 0 Å². The Morgan fingerprint density at radius 3 is 1.95 bits per heavy atom. The molecule has 0 fully saturated rings. The van der Waals surface area contributed by atoms with Crippen LogP contribution >= 0.6 is 15.9 Å². The molecule has 0 amide bonds. The van der Waals surface area contributed by atoms with Crippen molar-refractivity contribution in [2.24, 2.45) is 0 Å². The molecule has 2 aromatic rings. The number of benzene rings is 2. The van der Waals surface area contributed by atoms with Crippen LogP contribution in [0.4, 0.5) is 0 Å². The average Bonchev–Trinajstić information content (AvgIpc) is 2.47. The molecule has 0 aliphatic heterocycles. The highest BCUT2D eigenvalue weighted by atomic mass is 79.9. The van der Waals surface area contributed by atoms with Crippen molar-refractivity contribution < 1.29 is 13.2 Å². The fourth-order valence-corrected chi connectivity index (χ4v) is 3.31. The number of sulfone groups is 1. The summed E-state index contributed by atoms with van der Waals surface area (Å²) in [6.07, 6.45) is 0. The van der Waals surface area contributed by atoms with Gasteiger partial charge in [-0.05, 0) is 31.2 Å². The molecule has 1 atom stereocenters. The van der Waals surface area contributed by atoms with Gasteiger partial charge in [-0.15, -0.1) is 0 Å². The summed E-state index contributed by atoms with van der Waals surface area (Å²) in [5, 5.41) is 0. The minimum Gasteiger partial charge on any atom is -0.293 e. The minimum absolute atomic E-state index is 0.0753. The van der Waals surface area contributed by atoms with Gasteiger partial charge >= 0.3 is 0 Å². The van der Waals surface area contributed by atoms with Crippen molar-refractivity contribution in [1.82, 2.24) is 0 Å². The van der Waals surface area contributed by atoms with Gasteiger partial charge in [0, 0.05) is 5.56 Å². The predicted octanol–water partition coefficient (Wildman–Crippen LogP) is 3.49. The number of hydrogen-bond acceptors (Lipinski definition) is 3. The topological polar surface area (TPSA) is 51.2 Å². The molecule has 0 aliphatic rings. The van der Waals surface area contributed by atoms with E-state index in [2.05, 4.69) is 15.9 Å².